The minimum atomic E-state index is -0.0749. The molecule has 51 heavy (non-hydrogen) atoms. The number of methoxy groups -OCH3 is 1. The van der Waals surface area contributed by atoms with Crippen LogP contribution in [0.3, 0.4) is 0 Å². The summed E-state index contributed by atoms with van der Waals surface area (Å²) in [4.78, 5) is 18.6. The maximum Gasteiger partial charge on any atom is 0.251 e. The third-order valence-corrected chi connectivity index (χ3v) is 9.66. The molecule has 1 N–H and O–H groups in total. The first kappa shape index (κ1) is 36.2. The van der Waals surface area contributed by atoms with Crippen LogP contribution in [-0.2, 0) is 27.4 Å². The van der Waals surface area contributed by atoms with E-state index in [-0.39, 0.29) is 5.91 Å². The molecule has 0 spiro atoms. The van der Waals surface area contributed by atoms with E-state index in [4.69, 9.17) is 18.9 Å². The molecule has 0 bridgehead atoms. The lowest BCUT2D eigenvalue weighted by Crippen LogP contribution is -2.36. The van der Waals surface area contributed by atoms with E-state index in [1.807, 2.05) is 36.4 Å². The Morgan fingerprint density at radius 2 is 1.57 bits per heavy atom. The Balaban J connectivity index is 1.18. The Morgan fingerprint density at radius 1 is 0.863 bits per heavy atom. The van der Waals surface area contributed by atoms with Gasteiger partial charge in [0.2, 0.25) is 0 Å². The van der Waals surface area contributed by atoms with Gasteiger partial charge in [-0.05, 0) is 115 Å². The molecule has 1 fully saturated rings. The van der Waals surface area contributed by atoms with Crippen molar-refractivity contribution in [1.29, 1.82) is 0 Å². The van der Waals surface area contributed by atoms with Gasteiger partial charge >= 0.3 is 0 Å². The van der Waals surface area contributed by atoms with Gasteiger partial charge in [-0.25, -0.2) is 0 Å². The number of rotatable bonds is 15. The highest BCUT2D eigenvalue weighted by Crippen LogP contribution is 2.34. The van der Waals surface area contributed by atoms with Crippen LogP contribution in [0.15, 0.2) is 96.6 Å². The van der Waals surface area contributed by atoms with Crippen LogP contribution in [0.4, 0.5) is 11.4 Å². The van der Waals surface area contributed by atoms with Gasteiger partial charge < -0.3 is 29.2 Å². The largest absolute Gasteiger partial charge is 0.497 e. The van der Waals surface area contributed by atoms with Crippen molar-refractivity contribution in [3.63, 3.8) is 0 Å². The number of nitrogens with one attached hydrogen (secondary N) is 1. The summed E-state index contributed by atoms with van der Waals surface area (Å²) in [6, 6.07) is 31.7. The molecule has 6 rings (SSSR count). The fourth-order valence-electron chi connectivity index (χ4n) is 6.72. The lowest BCUT2D eigenvalue weighted by Gasteiger charge is -2.31. The fraction of sp³-hybridized carbons (Fsp3) is 0.372. The van der Waals surface area contributed by atoms with Crippen molar-refractivity contribution < 1.29 is 23.7 Å². The number of benzene rings is 4. The van der Waals surface area contributed by atoms with Crippen molar-refractivity contribution >= 4 is 23.4 Å². The minimum absolute atomic E-state index is 0.0749. The Bertz CT molecular complexity index is 1730. The number of carbonyl (C=O) groups is 1. The highest BCUT2D eigenvalue weighted by molar-refractivity contribution is 6.07. The van der Waals surface area contributed by atoms with Crippen LogP contribution in [0.25, 0.3) is 17.2 Å². The van der Waals surface area contributed by atoms with Crippen LogP contribution in [0.5, 0.6) is 11.5 Å². The predicted molar refractivity (Wildman–Crippen MR) is 206 cm³/mol. The van der Waals surface area contributed by atoms with Crippen molar-refractivity contribution in [2.24, 2.45) is 0 Å². The molecule has 4 aromatic carbocycles. The molecule has 268 valence electrons. The lowest BCUT2D eigenvalue weighted by molar-refractivity contribution is -0.112. The van der Waals surface area contributed by atoms with Gasteiger partial charge in [0, 0.05) is 62.4 Å². The van der Waals surface area contributed by atoms with E-state index in [2.05, 4.69) is 89.8 Å². The lowest BCUT2D eigenvalue weighted by atomic mass is 10.00. The van der Waals surface area contributed by atoms with Crippen LogP contribution >= 0.6 is 0 Å². The first-order valence-electron chi connectivity index (χ1n) is 18.2. The summed E-state index contributed by atoms with van der Waals surface area (Å²) in [5.74, 6) is 1.58. The average Bonchev–Trinajstić information content (AvgIpc) is 3.35. The van der Waals surface area contributed by atoms with E-state index in [1.54, 1.807) is 7.11 Å². The number of nitrogens with zero attached hydrogens (tertiary/aromatic N) is 2. The zero-order valence-electron chi connectivity index (χ0n) is 30.2. The summed E-state index contributed by atoms with van der Waals surface area (Å²) in [6.07, 6.45) is 5.82. The van der Waals surface area contributed by atoms with Gasteiger partial charge in [-0.1, -0.05) is 49.4 Å². The minimum Gasteiger partial charge on any atom is -0.497 e. The zero-order valence-corrected chi connectivity index (χ0v) is 30.2. The monoisotopic (exact) mass is 689 g/mol. The van der Waals surface area contributed by atoms with Crippen molar-refractivity contribution in [3.05, 3.63) is 113 Å². The van der Waals surface area contributed by atoms with E-state index in [0.717, 1.165) is 97.3 Å². The SMILES string of the molecule is CCCOCCOc1ccc(-c2ccc3c(c2)C=C(C(=O)Nc2ccc(CN(C)C4CCOCC4)cc2)CCN3Cc2ccc(OC)cc2)cc1. The molecule has 0 saturated carbocycles. The normalized spacial score (nSPS) is 14.8. The van der Waals surface area contributed by atoms with E-state index < -0.39 is 0 Å². The molecule has 2 aliphatic heterocycles. The van der Waals surface area contributed by atoms with Crippen LogP contribution in [-0.4, -0.2) is 70.6 Å². The number of amides is 1. The second-order valence-corrected chi connectivity index (χ2v) is 13.4. The maximum atomic E-state index is 13.8. The van der Waals surface area contributed by atoms with Gasteiger partial charge in [-0.15, -0.1) is 0 Å². The summed E-state index contributed by atoms with van der Waals surface area (Å²) in [5.41, 5.74) is 8.24. The number of hydrogen-bond donors (Lipinski definition) is 1. The fourth-order valence-corrected chi connectivity index (χ4v) is 6.72. The molecule has 1 saturated heterocycles. The second kappa shape index (κ2) is 18.0. The molecule has 0 atom stereocenters. The molecule has 2 aliphatic rings. The van der Waals surface area contributed by atoms with Gasteiger partial charge in [-0.2, -0.15) is 0 Å². The summed E-state index contributed by atoms with van der Waals surface area (Å²) >= 11 is 0. The van der Waals surface area contributed by atoms with E-state index in [1.165, 1.54) is 11.1 Å². The van der Waals surface area contributed by atoms with Crippen LogP contribution < -0.4 is 19.7 Å². The summed E-state index contributed by atoms with van der Waals surface area (Å²) in [5, 5.41) is 3.18. The second-order valence-electron chi connectivity index (χ2n) is 13.4. The van der Waals surface area contributed by atoms with Crippen molar-refractivity contribution in [3.8, 4) is 22.6 Å². The zero-order chi connectivity index (χ0) is 35.4. The van der Waals surface area contributed by atoms with Gasteiger partial charge in [0.05, 0.1) is 13.7 Å². The Labute approximate surface area is 303 Å². The topological polar surface area (TPSA) is 72.5 Å². The van der Waals surface area contributed by atoms with Crippen molar-refractivity contribution in [1.82, 2.24) is 4.90 Å². The quantitative estimate of drug-likeness (QED) is 0.126. The van der Waals surface area contributed by atoms with Gasteiger partial charge in [0.25, 0.3) is 5.91 Å². The van der Waals surface area contributed by atoms with E-state index in [0.29, 0.717) is 32.2 Å². The first-order chi connectivity index (χ1) is 25.0. The maximum absolute atomic E-state index is 13.8. The molecule has 0 aliphatic carbocycles. The molecule has 1 amide bonds. The smallest absolute Gasteiger partial charge is 0.251 e. The third kappa shape index (κ3) is 10.0. The third-order valence-electron chi connectivity index (χ3n) is 9.66. The van der Waals surface area contributed by atoms with Crippen LogP contribution in [0.2, 0.25) is 0 Å². The Morgan fingerprint density at radius 3 is 2.29 bits per heavy atom. The summed E-state index contributed by atoms with van der Waals surface area (Å²) in [7, 11) is 3.86. The Kier molecular flexibility index (Phi) is 12.8. The highest BCUT2D eigenvalue weighted by Gasteiger charge is 2.22. The molecule has 2 heterocycles. The molecule has 0 radical (unpaired) electrons. The van der Waals surface area contributed by atoms with Crippen LogP contribution in [0, 0.1) is 0 Å². The molecule has 8 heteroatoms. The predicted octanol–water partition coefficient (Wildman–Crippen LogP) is 8.21. The van der Waals surface area contributed by atoms with Gasteiger partial charge in [0.15, 0.2) is 0 Å². The highest BCUT2D eigenvalue weighted by atomic mass is 16.5. The van der Waals surface area contributed by atoms with Crippen molar-refractivity contribution in [2.75, 3.05) is 64.0 Å². The first-order valence-corrected chi connectivity index (χ1v) is 18.2. The molecular weight excluding hydrogens is 638 g/mol. The number of hydrogen-bond acceptors (Lipinski definition) is 7. The summed E-state index contributed by atoms with van der Waals surface area (Å²) < 4.78 is 22.3. The van der Waals surface area contributed by atoms with Crippen molar-refractivity contribution in [2.45, 2.75) is 51.7 Å². The molecule has 8 nitrogen and oxygen atoms in total. The summed E-state index contributed by atoms with van der Waals surface area (Å²) in [6.45, 7) is 7.92. The molecule has 4 aromatic rings. The van der Waals surface area contributed by atoms with Crippen LogP contribution in [0.1, 0.15) is 49.3 Å². The molecule has 0 unspecified atom stereocenters. The molecule has 0 aromatic heterocycles. The number of ether oxygens (including phenoxy) is 4. The Hall–Kier alpha value is -4.63. The number of fused-ring (bicyclic) bond motifs is 1. The van der Waals surface area contributed by atoms with Gasteiger partial charge in [-0.3, -0.25) is 9.69 Å². The number of carbonyl (C=O) groups excluding carboxylic acids is 1. The van der Waals surface area contributed by atoms with Gasteiger partial charge in [0.1, 0.15) is 18.1 Å². The van der Waals surface area contributed by atoms with E-state index >= 15 is 0 Å². The van der Waals surface area contributed by atoms with E-state index in [9.17, 15) is 4.79 Å². The number of anilines is 2. The molecular formula is C43H51N3O5. The average molecular weight is 690 g/mol. The standard InChI is InChI=1S/C43H51N3O5/c1-4-23-49-26-27-51-41-16-9-34(10-17-41)35-11-18-42-37(28-35)29-36(19-22-46(42)31-33-7-14-40(48-3)15-8-33)43(47)44-38-12-5-32(6-13-38)30-45(2)39-20-24-50-25-21-39/h5-18,28-29,39H,4,19-27,30-31H2,1-3H3,(H,44,47).